The number of hydroxylamine groups is 1. The first-order chi connectivity index (χ1) is 15.1. The van der Waals surface area contributed by atoms with E-state index in [0.717, 1.165) is 22.6 Å². The van der Waals surface area contributed by atoms with Crippen molar-refractivity contribution >= 4 is 23.2 Å². The van der Waals surface area contributed by atoms with Gasteiger partial charge in [0, 0.05) is 0 Å². The molecule has 6 nitrogen and oxygen atoms in total. The lowest BCUT2D eigenvalue weighted by molar-refractivity contribution is -0.126. The molecule has 0 radical (unpaired) electrons. The summed E-state index contributed by atoms with van der Waals surface area (Å²) < 4.78 is 5.28. The second-order valence-corrected chi connectivity index (χ2v) is 7.78. The van der Waals surface area contributed by atoms with Crippen LogP contribution in [0.4, 0.5) is 11.4 Å². The number of imide groups is 1. The number of hydrogen-bond donors (Lipinski definition) is 0. The monoisotopic (exact) mass is 414 g/mol. The summed E-state index contributed by atoms with van der Waals surface area (Å²) in [5.41, 5.74) is 3.30. The van der Waals surface area contributed by atoms with Gasteiger partial charge in [-0.3, -0.25) is 14.4 Å². The molecular weight excluding hydrogens is 392 g/mol. The van der Waals surface area contributed by atoms with E-state index in [4.69, 9.17) is 9.57 Å². The largest absolute Gasteiger partial charge is 0.497 e. The first-order valence-electron chi connectivity index (χ1n) is 10.2. The highest BCUT2D eigenvalue weighted by Gasteiger charge is 2.60. The van der Waals surface area contributed by atoms with Gasteiger partial charge in [-0.25, -0.2) is 9.96 Å². The van der Waals surface area contributed by atoms with Crippen LogP contribution in [0.1, 0.15) is 17.2 Å². The molecule has 0 aromatic heterocycles. The summed E-state index contributed by atoms with van der Waals surface area (Å²) in [5, 5.41) is 1.69. The van der Waals surface area contributed by atoms with Crippen LogP contribution in [0.15, 0.2) is 78.9 Å². The minimum absolute atomic E-state index is 0.252. The zero-order chi connectivity index (χ0) is 21.5. The molecule has 3 aromatic rings. The molecule has 0 spiro atoms. The maximum atomic E-state index is 13.5. The van der Waals surface area contributed by atoms with Crippen LogP contribution in [-0.4, -0.2) is 25.0 Å². The van der Waals surface area contributed by atoms with Crippen molar-refractivity contribution in [2.75, 3.05) is 17.1 Å². The van der Waals surface area contributed by atoms with Crippen LogP contribution >= 0.6 is 0 Å². The number of benzene rings is 3. The second kappa shape index (κ2) is 7.56. The third kappa shape index (κ3) is 3.16. The van der Waals surface area contributed by atoms with Gasteiger partial charge >= 0.3 is 0 Å². The number of rotatable bonds is 4. The Bertz CT molecular complexity index is 1110. The van der Waals surface area contributed by atoms with Crippen LogP contribution < -0.4 is 14.7 Å². The van der Waals surface area contributed by atoms with E-state index in [-0.39, 0.29) is 11.8 Å². The third-order valence-electron chi connectivity index (χ3n) is 5.88. The molecule has 2 heterocycles. The standard InChI is InChI=1S/C25H22N2O4/c1-16-8-12-18(13-9-16)26-24(28)21-22(17-10-14-20(30-2)15-11-17)27(31-23(21)25(26)29)19-6-4-3-5-7-19/h3-15,21-23H,1-2H3. The van der Waals surface area contributed by atoms with E-state index in [1.165, 1.54) is 4.90 Å². The minimum atomic E-state index is -0.874. The quantitative estimate of drug-likeness (QED) is 0.603. The minimum Gasteiger partial charge on any atom is -0.497 e. The first-order valence-corrected chi connectivity index (χ1v) is 10.2. The van der Waals surface area contributed by atoms with Gasteiger partial charge in [0.25, 0.3) is 5.91 Å². The molecule has 2 aliphatic rings. The molecule has 2 saturated heterocycles. The maximum absolute atomic E-state index is 13.5. The number of fused-ring (bicyclic) bond motifs is 1. The molecule has 0 bridgehead atoms. The summed E-state index contributed by atoms with van der Waals surface area (Å²) >= 11 is 0. The van der Waals surface area contributed by atoms with E-state index in [0.29, 0.717) is 5.69 Å². The Balaban J connectivity index is 1.57. The van der Waals surface area contributed by atoms with E-state index >= 15 is 0 Å². The van der Waals surface area contributed by atoms with Gasteiger partial charge in [-0.15, -0.1) is 0 Å². The molecule has 6 heteroatoms. The summed E-state index contributed by atoms with van der Waals surface area (Å²) in [6, 6.07) is 24.0. The van der Waals surface area contributed by atoms with Gasteiger partial charge in [0.15, 0.2) is 6.10 Å². The topological polar surface area (TPSA) is 59.1 Å². The Labute approximate surface area is 180 Å². The lowest BCUT2D eigenvalue weighted by atomic mass is 9.90. The van der Waals surface area contributed by atoms with Crippen molar-refractivity contribution < 1.29 is 19.2 Å². The number of nitrogens with zero attached hydrogens (tertiary/aromatic N) is 2. The number of methoxy groups -OCH3 is 1. The highest BCUT2D eigenvalue weighted by molar-refractivity contribution is 6.23. The van der Waals surface area contributed by atoms with Crippen molar-refractivity contribution in [3.63, 3.8) is 0 Å². The first kappa shape index (κ1) is 19.3. The SMILES string of the molecule is COc1ccc(C2C3C(=O)N(c4ccc(C)cc4)C(=O)C3ON2c2ccccc2)cc1. The van der Waals surface area contributed by atoms with Gasteiger partial charge in [0.05, 0.1) is 24.5 Å². The number of aryl methyl sites for hydroxylation is 1. The molecule has 3 aromatic carbocycles. The van der Waals surface area contributed by atoms with E-state index < -0.39 is 18.1 Å². The number of para-hydroxylation sites is 1. The lowest BCUT2D eigenvalue weighted by Crippen LogP contribution is -2.37. The fourth-order valence-electron chi connectivity index (χ4n) is 4.30. The van der Waals surface area contributed by atoms with E-state index in [2.05, 4.69) is 0 Å². The van der Waals surface area contributed by atoms with E-state index in [9.17, 15) is 9.59 Å². The summed E-state index contributed by atoms with van der Waals surface area (Å²) in [7, 11) is 1.61. The van der Waals surface area contributed by atoms with Crippen molar-refractivity contribution in [3.05, 3.63) is 90.0 Å². The Kier molecular flexibility index (Phi) is 4.71. The smallest absolute Gasteiger partial charge is 0.266 e. The van der Waals surface area contributed by atoms with Crippen molar-refractivity contribution in [1.82, 2.24) is 0 Å². The molecule has 156 valence electrons. The fourth-order valence-corrected chi connectivity index (χ4v) is 4.30. The normalized spacial score (nSPS) is 22.7. The number of carbonyl (C=O) groups is 2. The maximum Gasteiger partial charge on any atom is 0.266 e. The molecule has 5 rings (SSSR count). The molecule has 0 aliphatic carbocycles. The second-order valence-electron chi connectivity index (χ2n) is 7.78. The van der Waals surface area contributed by atoms with Crippen molar-refractivity contribution in [1.29, 1.82) is 0 Å². The van der Waals surface area contributed by atoms with Gasteiger partial charge in [-0.1, -0.05) is 48.0 Å². The number of ether oxygens (including phenoxy) is 1. The Hall–Kier alpha value is -3.64. The molecule has 2 amide bonds. The fraction of sp³-hybridized carbons (Fsp3) is 0.200. The van der Waals surface area contributed by atoms with Crippen molar-refractivity contribution in [3.8, 4) is 5.75 Å². The molecule has 2 aliphatic heterocycles. The molecule has 3 atom stereocenters. The van der Waals surface area contributed by atoms with Crippen LogP contribution in [0.3, 0.4) is 0 Å². The van der Waals surface area contributed by atoms with Crippen LogP contribution in [0.2, 0.25) is 0 Å². The summed E-state index contributed by atoms with van der Waals surface area (Å²) in [6.45, 7) is 1.96. The molecular formula is C25H22N2O4. The molecule has 31 heavy (non-hydrogen) atoms. The van der Waals surface area contributed by atoms with Gasteiger partial charge in [-0.2, -0.15) is 0 Å². The van der Waals surface area contributed by atoms with Gasteiger partial charge in [0.2, 0.25) is 5.91 Å². The average molecular weight is 414 g/mol. The molecule has 2 fully saturated rings. The molecule has 0 N–H and O–H groups in total. The Morgan fingerprint density at radius 2 is 1.48 bits per heavy atom. The lowest BCUT2D eigenvalue weighted by Gasteiger charge is -2.28. The van der Waals surface area contributed by atoms with Gasteiger partial charge in [-0.05, 0) is 48.9 Å². The van der Waals surface area contributed by atoms with Crippen LogP contribution in [0.25, 0.3) is 0 Å². The summed E-state index contributed by atoms with van der Waals surface area (Å²) in [6.07, 6.45) is -0.874. The predicted molar refractivity (Wildman–Crippen MR) is 117 cm³/mol. The zero-order valence-electron chi connectivity index (χ0n) is 17.3. The summed E-state index contributed by atoms with van der Waals surface area (Å²) in [5.74, 6) is -0.517. The number of anilines is 2. The van der Waals surface area contributed by atoms with Crippen molar-refractivity contribution in [2.45, 2.75) is 19.1 Å². The Morgan fingerprint density at radius 1 is 0.806 bits per heavy atom. The van der Waals surface area contributed by atoms with Gasteiger partial charge in [0.1, 0.15) is 11.7 Å². The van der Waals surface area contributed by atoms with E-state index in [1.807, 2.05) is 73.7 Å². The summed E-state index contributed by atoms with van der Waals surface area (Å²) in [4.78, 5) is 34.2. The van der Waals surface area contributed by atoms with Crippen LogP contribution in [0.5, 0.6) is 5.75 Å². The van der Waals surface area contributed by atoms with Crippen LogP contribution in [0, 0.1) is 12.8 Å². The number of carbonyl (C=O) groups excluding carboxylic acids is 2. The number of hydrogen-bond acceptors (Lipinski definition) is 5. The van der Waals surface area contributed by atoms with E-state index in [1.54, 1.807) is 24.3 Å². The molecule has 3 unspecified atom stereocenters. The highest BCUT2D eigenvalue weighted by Crippen LogP contribution is 2.47. The van der Waals surface area contributed by atoms with Gasteiger partial charge < -0.3 is 4.74 Å². The average Bonchev–Trinajstić information content (AvgIpc) is 3.31. The van der Waals surface area contributed by atoms with Crippen LogP contribution in [-0.2, 0) is 14.4 Å². The zero-order valence-corrected chi connectivity index (χ0v) is 17.3. The predicted octanol–water partition coefficient (Wildman–Crippen LogP) is 4.05. The number of amides is 2. The highest BCUT2D eigenvalue weighted by atomic mass is 16.7. The third-order valence-corrected chi connectivity index (χ3v) is 5.88. The Morgan fingerprint density at radius 3 is 2.13 bits per heavy atom. The van der Waals surface area contributed by atoms with Crippen molar-refractivity contribution in [2.24, 2.45) is 5.92 Å². The molecule has 0 saturated carbocycles.